The summed E-state index contributed by atoms with van der Waals surface area (Å²) in [7, 11) is 0. The summed E-state index contributed by atoms with van der Waals surface area (Å²) in [5, 5.41) is 4.82. The fourth-order valence-corrected chi connectivity index (χ4v) is 7.60. The number of hydrogen-bond acceptors (Lipinski definition) is 2. The average molecular weight is 664 g/mol. The van der Waals surface area contributed by atoms with E-state index in [9.17, 15) is 0 Å². The van der Waals surface area contributed by atoms with Crippen molar-refractivity contribution in [1.29, 1.82) is 0 Å². The maximum atomic E-state index is 6.92. The lowest BCUT2D eigenvalue weighted by Gasteiger charge is -2.27. The third-order valence-corrected chi connectivity index (χ3v) is 10.2. The minimum atomic E-state index is 0.835. The summed E-state index contributed by atoms with van der Waals surface area (Å²) in [6, 6.07) is 71.7. The van der Waals surface area contributed by atoms with Gasteiger partial charge >= 0.3 is 0 Å². The van der Waals surface area contributed by atoms with Crippen molar-refractivity contribution in [2.24, 2.45) is 0 Å². The molecular formula is C50H33NO. The molecule has 0 N–H and O–H groups in total. The van der Waals surface area contributed by atoms with Crippen molar-refractivity contribution >= 4 is 38.6 Å². The molecule has 10 rings (SSSR count). The van der Waals surface area contributed by atoms with Gasteiger partial charge in [0.05, 0.1) is 0 Å². The van der Waals surface area contributed by atoms with E-state index in [2.05, 4.69) is 205 Å². The highest BCUT2D eigenvalue weighted by Gasteiger charge is 2.24. The molecule has 0 saturated heterocycles. The van der Waals surface area contributed by atoms with Crippen LogP contribution in [0.15, 0.2) is 200 Å². The quantitative estimate of drug-likeness (QED) is 0.182. The highest BCUT2D eigenvalue weighted by molar-refractivity contribution is 6.01. The van der Waals surface area contributed by atoms with Crippen LogP contribution in [0.1, 0.15) is 0 Å². The maximum Gasteiger partial charge on any atom is 0.135 e. The second kappa shape index (κ2) is 12.5. The minimum absolute atomic E-state index is 0.835. The van der Waals surface area contributed by atoms with Gasteiger partial charge in [-0.2, -0.15) is 0 Å². The summed E-state index contributed by atoms with van der Waals surface area (Å²) in [4.78, 5) is 2.35. The summed E-state index contributed by atoms with van der Waals surface area (Å²) >= 11 is 0. The topological polar surface area (TPSA) is 12.5 Å². The smallest absolute Gasteiger partial charge is 0.135 e. The highest BCUT2D eigenvalue weighted by Crippen LogP contribution is 2.51. The van der Waals surface area contributed by atoms with Crippen LogP contribution in [0.3, 0.4) is 0 Å². The highest BCUT2D eigenvalue weighted by atomic mass is 16.5. The Labute approximate surface area is 303 Å². The largest absolute Gasteiger partial charge is 0.456 e. The lowest BCUT2D eigenvalue weighted by Crippen LogP contribution is -2.10. The van der Waals surface area contributed by atoms with Crippen LogP contribution in [0.5, 0.6) is 11.5 Å². The maximum absolute atomic E-state index is 6.92. The molecule has 0 saturated carbocycles. The molecule has 0 unspecified atom stereocenters. The molecule has 52 heavy (non-hydrogen) atoms. The second-order valence-electron chi connectivity index (χ2n) is 13.4. The number of anilines is 3. The summed E-state index contributed by atoms with van der Waals surface area (Å²) in [6.45, 7) is 0. The molecule has 0 atom stereocenters. The van der Waals surface area contributed by atoms with Crippen LogP contribution in [-0.4, -0.2) is 0 Å². The van der Waals surface area contributed by atoms with Gasteiger partial charge < -0.3 is 9.64 Å². The first-order valence-electron chi connectivity index (χ1n) is 17.7. The van der Waals surface area contributed by atoms with Crippen molar-refractivity contribution in [3.8, 4) is 56.0 Å². The molecule has 0 aromatic heterocycles. The molecule has 244 valence electrons. The van der Waals surface area contributed by atoms with Gasteiger partial charge in [-0.25, -0.2) is 0 Å². The number of fused-ring (bicyclic) bond motifs is 7. The average Bonchev–Trinajstić information content (AvgIpc) is 3.34. The minimum Gasteiger partial charge on any atom is -0.456 e. The van der Waals surface area contributed by atoms with Gasteiger partial charge in [0.15, 0.2) is 0 Å². The van der Waals surface area contributed by atoms with E-state index in [1.54, 1.807) is 0 Å². The molecule has 0 bridgehead atoms. The van der Waals surface area contributed by atoms with Crippen LogP contribution < -0.4 is 9.64 Å². The molecule has 0 radical (unpaired) electrons. The van der Waals surface area contributed by atoms with E-state index in [1.165, 1.54) is 32.7 Å². The fourth-order valence-electron chi connectivity index (χ4n) is 7.60. The van der Waals surface area contributed by atoms with Crippen molar-refractivity contribution in [1.82, 2.24) is 0 Å². The van der Waals surface area contributed by atoms with E-state index >= 15 is 0 Å². The van der Waals surface area contributed by atoms with Gasteiger partial charge in [0.25, 0.3) is 0 Å². The molecule has 0 spiro atoms. The Hall–Kier alpha value is -6.90. The molecule has 2 nitrogen and oxygen atoms in total. The zero-order chi connectivity index (χ0) is 34.4. The SMILES string of the molecule is c1ccc(-c2ccc(N(c3ccc4c(c3)-c3cc5ccccc5cc3-c3ccc(-c5ccccc5)cc3O4)c3ccc4ccccc4c3)cc2)cc1. The molecule has 0 aliphatic carbocycles. The number of ether oxygens (including phenoxy) is 1. The first kappa shape index (κ1) is 30.0. The molecule has 0 amide bonds. The zero-order valence-electron chi connectivity index (χ0n) is 28.4. The summed E-state index contributed by atoms with van der Waals surface area (Å²) < 4.78 is 6.92. The van der Waals surface area contributed by atoms with E-state index < -0.39 is 0 Å². The molecule has 1 heterocycles. The molecule has 9 aromatic carbocycles. The predicted octanol–water partition coefficient (Wildman–Crippen LogP) is 14.2. The van der Waals surface area contributed by atoms with Gasteiger partial charge in [-0.15, -0.1) is 0 Å². The third-order valence-electron chi connectivity index (χ3n) is 10.2. The van der Waals surface area contributed by atoms with Gasteiger partial charge in [0.1, 0.15) is 11.5 Å². The lowest BCUT2D eigenvalue weighted by molar-refractivity contribution is 0.488. The van der Waals surface area contributed by atoms with Crippen molar-refractivity contribution in [2.45, 2.75) is 0 Å². The van der Waals surface area contributed by atoms with Crippen LogP contribution >= 0.6 is 0 Å². The van der Waals surface area contributed by atoms with E-state index in [-0.39, 0.29) is 0 Å². The van der Waals surface area contributed by atoms with E-state index in [0.29, 0.717) is 0 Å². The number of rotatable bonds is 5. The Morgan fingerprint density at radius 1 is 0.269 bits per heavy atom. The Balaban J connectivity index is 1.17. The summed E-state index contributed by atoms with van der Waals surface area (Å²) in [5.41, 5.74) is 12.4. The molecule has 2 heteroatoms. The number of nitrogens with zero attached hydrogens (tertiary/aromatic N) is 1. The van der Waals surface area contributed by atoms with Gasteiger partial charge in [-0.05, 0) is 122 Å². The zero-order valence-corrected chi connectivity index (χ0v) is 28.4. The van der Waals surface area contributed by atoms with Gasteiger partial charge in [-0.3, -0.25) is 0 Å². The number of hydrogen-bond donors (Lipinski definition) is 0. The van der Waals surface area contributed by atoms with E-state index in [4.69, 9.17) is 4.74 Å². The van der Waals surface area contributed by atoms with E-state index in [0.717, 1.165) is 61.9 Å². The van der Waals surface area contributed by atoms with Gasteiger partial charge in [0, 0.05) is 28.2 Å². The lowest BCUT2D eigenvalue weighted by atomic mass is 9.90. The van der Waals surface area contributed by atoms with Crippen LogP contribution in [0, 0.1) is 0 Å². The van der Waals surface area contributed by atoms with Gasteiger partial charge in [-0.1, -0.05) is 133 Å². The summed E-state index contributed by atoms with van der Waals surface area (Å²) in [6.07, 6.45) is 0. The Morgan fingerprint density at radius 3 is 1.46 bits per heavy atom. The predicted molar refractivity (Wildman–Crippen MR) is 218 cm³/mol. The summed E-state index contributed by atoms with van der Waals surface area (Å²) in [5.74, 6) is 1.69. The Bertz CT molecular complexity index is 2750. The third kappa shape index (κ3) is 5.30. The standard InChI is InChI=1S/C50H33NO/c1-3-11-34(12-4-1)37-19-23-42(24-20-37)51(43-25-21-36-15-7-8-16-38(36)29-43)44-26-28-49-48(33-44)47-31-40-18-10-9-17-39(40)30-46(47)45-27-22-41(32-50(45)52-49)35-13-5-2-6-14-35/h1-33H. The van der Waals surface area contributed by atoms with Crippen LogP contribution in [-0.2, 0) is 0 Å². The van der Waals surface area contributed by atoms with Crippen LogP contribution in [0.2, 0.25) is 0 Å². The molecule has 1 aliphatic heterocycles. The van der Waals surface area contributed by atoms with Crippen molar-refractivity contribution < 1.29 is 4.74 Å². The van der Waals surface area contributed by atoms with Crippen molar-refractivity contribution in [3.63, 3.8) is 0 Å². The van der Waals surface area contributed by atoms with Crippen molar-refractivity contribution in [3.05, 3.63) is 200 Å². The molecule has 1 aliphatic rings. The Morgan fingerprint density at radius 2 is 0.769 bits per heavy atom. The number of benzene rings is 9. The first-order valence-corrected chi connectivity index (χ1v) is 17.7. The fraction of sp³-hybridized carbons (Fsp3) is 0. The molecule has 0 fully saturated rings. The van der Waals surface area contributed by atoms with E-state index in [1.807, 2.05) is 0 Å². The second-order valence-corrected chi connectivity index (χ2v) is 13.4. The first-order chi connectivity index (χ1) is 25.7. The normalized spacial score (nSPS) is 11.6. The van der Waals surface area contributed by atoms with Crippen LogP contribution in [0.25, 0.3) is 66.1 Å². The van der Waals surface area contributed by atoms with Crippen molar-refractivity contribution in [2.75, 3.05) is 4.90 Å². The monoisotopic (exact) mass is 663 g/mol. The molecular weight excluding hydrogens is 631 g/mol. The van der Waals surface area contributed by atoms with Gasteiger partial charge in [0.2, 0.25) is 0 Å². The molecule has 9 aromatic rings. The van der Waals surface area contributed by atoms with Crippen LogP contribution in [0.4, 0.5) is 17.1 Å². The Kier molecular flexibility index (Phi) is 7.18.